The van der Waals surface area contributed by atoms with E-state index in [1.54, 1.807) is 0 Å². The lowest BCUT2D eigenvalue weighted by Crippen LogP contribution is -2.61. The number of hydrogen-bond acceptors (Lipinski definition) is 4. The van der Waals surface area contributed by atoms with Gasteiger partial charge in [-0.1, -0.05) is 25.0 Å². The summed E-state index contributed by atoms with van der Waals surface area (Å²) in [5.41, 5.74) is -3.52. The number of nitrogens with zero attached hydrogens (tertiary/aromatic N) is 2. The number of carbonyl (C=O) groups is 1. The Morgan fingerprint density at radius 2 is 1.96 bits per heavy atom. The van der Waals surface area contributed by atoms with Crippen LogP contribution in [0.4, 0.5) is 13.2 Å². The zero-order chi connectivity index (χ0) is 17.5. The van der Waals surface area contributed by atoms with E-state index in [9.17, 15) is 28.2 Å². The number of aromatic hydroxyl groups is 1. The second kappa shape index (κ2) is 5.77. The minimum Gasteiger partial charge on any atom is -0.507 e. The number of halogens is 3. The van der Waals surface area contributed by atoms with Gasteiger partial charge in [0, 0.05) is 5.71 Å². The van der Waals surface area contributed by atoms with E-state index in [1.165, 1.54) is 24.3 Å². The molecule has 1 aromatic carbocycles. The molecule has 5 nitrogen and oxygen atoms in total. The van der Waals surface area contributed by atoms with Crippen molar-refractivity contribution in [3.8, 4) is 5.75 Å². The predicted molar refractivity (Wildman–Crippen MR) is 79.3 cm³/mol. The van der Waals surface area contributed by atoms with Gasteiger partial charge in [0.25, 0.3) is 11.6 Å². The average Bonchev–Trinajstić information content (AvgIpc) is 2.68. The van der Waals surface area contributed by atoms with Gasteiger partial charge in [-0.3, -0.25) is 4.79 Å². The molecule has 24 heavy (non-hydrogen) atoms. The van der Waals surface area contributed by atoms with Gasteiger partial charge < -0.3 is 10.2 Å². The molecule has 2 atom stereocenters. The van der Waals surface area contributed by atoms with Crippen LogP contribution in [0, 0.1) is 5.92 Å². The Labute approximate surface area is 136 Å². The number of fused-ring (bicyclic) bond motifs is 1. The van der Waals surface area contributed by atoms with Crippen molar-refractivity contribution in [2.45, 2.75) is 44.0 Å². The Morgan fingerprint density at radius 1 is 1.25 bits per heavy atom. The van der Waals surface area contributed by atoms with Crippen LogP contribution in [0.2, 0.25) is 0 Å². The van der Waals surface area contributed by atoms with E-state index in [0.29, 0.717) is 19.3 Å². The minimum absolute atomic E-state index is 0.105. The number of alkyl halides is 3. The molecule has 1 fully saturated rings. The van der Waals surface area contributed by atoms with Gasteiger partial charge in [0.15, 0.2) is 0 Å². The van der Waals surface area contributed by atoms with Crippen LogP contribution < -0.4 is 0 Å². The van der Waals surface area contributed by atoms with E-state index in [4.69, 9.17) is 0 Å². The predicted octanol–water partition coefficient (Wildman–Crippen LogP) is 3.04. The molecule has 2 N–H and O–H groups in total. The lowest BCUT2D eigenvalue weighted by atomic mass is 9.87. The number of amides is 1. The minimum atomic E-state index is -5.06. The molecule has 130 valence electrons. The van der Waals surface area contributed by atoms with Crippen LogP contribution in [-0.2, 0) is 0 Å². The first kappa shape index (κ1) is 16.8. The Hall–Kier alpha value is -2.09. The fraction of sp³-hybridized carbons (Fsp3) is 0.500. The Kier molecular flexibility index (Phi) is 4.03. The maximum Gasteiger partial charge on any atom is 0.439 e. The Morgan fingerprint density at radius 3 is 2.62 bits per heavy atom. The average molecular weight is 342 g/mol. The largest absolute Gasteiger partial charge is 0.507 e. The molecule has 8 heteroatoms. The number of hydrogen-bond donors (Lipinski definition) is 2. The third-order valence-electron chi connectivity index (χ3n) is 4.61. The number of phenols is 1. The van der Waals surface area contributed by atoms with E-state index in [-0.39, 0.29) is 22.7 Å². The first-order valence-electron chi connectivity index (χ1n) is 7.76. The van der Waals surface area contributed by atoms with Gasteiger partial charge in [-0.05, 0) is 31.4 Å². The van der Waals surface area contributed by atoms with Gasteiger partial charge in [-0.2, -0.15) is 23.3 Å². The normalized spacial score (nSPS) is 27.4. The summed E-state index contributed by atoms with van der Waals surface area (Å²) in [5.74, 6) is -2.90. The van der Waals surface area contributed by atoms with Crippen molar-refractivity contribution in [1.29, 1.82) is 0 Å². The lowest BCUT2D eigenvalue weighted by molar-refractivity contribution is -0.312. The van der Waals surface area contributed by atoms with Crippen molar-refractivity contribution in [2.24, 2.45) is 11.0 Å². The summed E-state index contributed by atoms with van der Waals surface area (Å²) >= 11 is 0. The van der Waals surface area contributed by atoms with Gasteiger partial charge in [0.05, 0.1) is 11.5 Å². The van der Waals surface area contributed by atoms with E-state index in [0.717, 1.165) is 6.42 Å². The summed E-state index contributed by atoms with van der Waals surface area (Å²) in [4.78, 5) is 12.6. The number of hydrazone groups is 1. The van der Waals surface area contributed by atoms with Crippen LogP contribution in [0.1, 0.15) is 42.5 Å². The molecule has 1 amide bonds. The molecule has 1 saturated carbocycles. The van der Waals surface area contributed by atoms with Crippen molar-refractivity contribution in [1.82, 2.24) is 5.01 Å². The van der Waals surface area contributed by atoms with Crippen LogP contribution in [-0.4, -0.2) is 38.7 Å². The number of para-hydroxylation sites is 1. The maximum atomic E-state index is 13.7. The highest BCUT2D eigenvalue weighted by molar-refractivity contribution is 6.00. The zero-order valence-corrected chi connectivity index (χ0v) is 12.8. The number of benzene rings is 1. The van der Waals surface area contributed by atoms with E-state index >= 15 is 0 Å². The van der Waals surface area contributed by atoms with E-state index in [2.05, 4.69) is 5.10 Å². The molecule has 3 rings (SSSR count). The summed E-state index contributed by atoms with van der Waals surface area (Å²) in [6, 6.07) is 5.26. The molecule has 1 heterocycles. The summed E-state index contributed by atoms with van der Waals surface area (Å²) < 4.78 is 41.1. The highest BCUT2D eigenvalue weighted by Crippen LogP contribution is 2.48. The van der Waals surface area contributed by atoms with E-state index in [1.807, 2.05) is 0 Å². The van der Waals surface area contributed by atoms with Crippen molar-refractivity contribution in [2.75, 3.05) is 0 Å². The van der Waals surface area contributed by atoms with Crippen LogP contribution >= 0.6 is 0 Å². The molecule has 0 saturated heterocycles. The van der Waals surface area contributed by atoms with Crippen molar-refractivity contribution in [3.63, 3.8) is 0 Å². The quantitative estimate of drug-likeness (QED) is 0.824. The lowest BCUT2D eigenvalue weighted by Gasteiger charge is -2.37. The second-order valence-electron chi connectivity index (χ2n) is 6.10. The first-order valence-corrected chi connectivity index (χ1v) is 7.76. The van der Waals surface area contributed by atoms with Crippen LogP contribution in [0.3, 0.4) is 0 Å². The highest BCUT2D eigenvalue weighted by atomic mass is 19.4. The number of rotatable bonds is 1. The zero-order valence-electron chi connectivity index (χ0n) is 12.8. The monoisotopic (exact) mass is 342 g/mol. The van der Waals surface area contributed by atoms with Crippen molar-refractivity contribution < 1.29 is 28.2 Å². The molecule has 1 aliphatic carbocycles. The van der Waals surface area contributed by atoms with Crippen molar-refractivity contribution >= 4 is 11.6 Å². The first-order chi connectivity index (χ1) is 11.3. The number of aliphatic hydroxyl groups is 1. The number of phenolic OH excluding ortho intramolecular Hbond substituents is 1. The van der Waals surface area contributed by atoms with Crippen molar-refractivity contribution in [3.05, 3.63) is 29.8 Å². The Bertz CT molecular complexity index is 689. The topological polar surface area (TPSA) is 73.1 Å². The molecule has 0 radical (unpaired) electrons. The van der Waals surface area contributed by atoms with Gasteiger partial charge in [-0.25, -0.2) is 0 Å². The third kappa shape index (κ3) is 2.45. The van der Waals surface area contributed by atoms with Gasteiger partial charge in [-0.15, -0.1) is 0 Å². The summed E-state index contributed by atoms with van der Waals surface area (Å²) in [6.45, 7) is 0. The SMILES string of the molecule is O=C(c1ccccc1O)N1N=C2CCCCCC2C1(O)C(F)(F)F. The van der Waals surface area contributed by atoms with Gasteiger partial charge in [0.1, 0.15) is 5.75 Å². The molecule has 2 aliphatic rings. The fourth-order valence-electron chi connectivity index (χ4n) is 3.36. The molecule has 0 bridgehead atoms. The van der Waals surface area contributed by atoms with Crippen LogP contribution in [0.15, 0.2) is 29.4 Å². The van der Waals surface area contributed by atoms with Crippen LogP contribution in [0.5, 0.6) is 5.75 Å². The van der Waals surface area contributed by atoms with Gasteiger partial charge >= 0.3 is 6.18 Å². The molecule has 1 aliphatic heterocycles. The molecule has 0 aromatic heterocycles. The molecular weight excluding hydrogens is 325 g/mol. The molecule has 2 unspecified atom stereocenters. The second-order valence-corrected chi connectivity index (χ2v) is 6.10. The van der Waals surface area contributed by atoms with Crippen LogP contribution in [0.25, 0.3) is 0 Å². The smallest absolute Gasteiger partial charge is 0.439 e. The molecular formula is C16H17F3N2O3. The summed E-state index contributed by atoms with van der Waals surface area (Å²) in [7, 11) is 0. The van der Waals surface area contributed by atoms with Gasteiger partial charge in [0.2, 0.25) is 0 Å². The number of carbonyl (C=O) groups excluding carboxylic acids is 1. The fourth-order valence-corrected chi connectivity index (χ4v) is 3.36. The van der Waals surface area contributed by atoms with E-state index < -0.39 is 29.5 Å². The standard InChI is InChI=1S/C16H17F3N2O3/c17-16(18,19)15(24)11-7-2-1-3-8-12(11)20-21(15)14(23)10-6-4-5-9-13(10)22/h4-6,9,11,22,24H,1-3,7-8H2. The summed E-state index contributed by atoms with van der Waals surface area (Å²) in [5, 5.41) is 24.2. The molecule has 1 aromatic rings. The maximum absolute atomic E-state index is 13.7. The third-order valence-corrected chi connectivity index (χ3v) is 4.61. The highest BCUT2D eigenvalue weighted by Gasteiger charge is 2.68. The Balaban J connectivity index is 2.07. The summed E-state index contributed by atoms with van der Waals surface area (Å²) in [6.07, 6.45) is -2.68. The molecule has 0 spiro atoms.